The van der Waals surface area contributed by atoms with Crippen LogP contribution in [-0.4, -0.2) is 29.6 Å². The molecule has 3 nitrogen and oxygen atoms in total. The molecule has 0 spiro atoms. The van der Waals surface area contributed by atoms with Gasteiger partial charge in [-0.2, -0.15) is 0 Å². The summed E-state index contributed by atoms with van der Waals surface area (Å²) in [4.78, 5) is 2.60. The zero-order valence-electron chi connectivity index (χ0n) is 18.0. The second-order valence-electron chi connectivity index (χ2n) is 8.53. The highest BCUT2D eigenvalue weighted by molar-refractivity contribution is 5.97. The summed E-state index contributed by atoms with van der Waals surface area (Å²) in [5.41, 5.74) is 8.02. The van der Waals surface area contributed by atoms with Crippen LogP contribution in [0.25, 0.3) is 21.9 Å². The van der Waals surface area contributed by atoms with E-state index in [0.29, 0.717) is 5.75 Å². The van der Waals surface area contributed by atoms with E-state index in [-0.39, 0.29) is 7.43 Å². The Hall–Kier alpha value is -2.39. The van der Waals surface area contributed by atoms with E-state index in [1.807, 2.05) is 12.1 Å². The number of fused-ring (bicyclic) bond motifs is 4. The minimum atomic E-state index is 0. The van der Waals surface area contributed by atoms with E-state index in [0.717, 1.165) is 19.5 Å². The molecule has 2 heterocycles. The average molecular weight is 389 g/mol. The fourth-order valence-electron chi connectivity index (χ4n) is 5.18. The van der Waals surface area contributed by atoms with Crippen LogP contribution in [0.4, 0.5) is 0 Å². The van der Waals surface area contributed by atoms with E-state index in [9.17, 15) is 5.11 Å². The largest absolute Gasteiger partial charge is 0.508 e. The normalized spacial score (nSPS) is 15.8. The molecule has 0 radical (unpaired) electrons. The van der Waals surface area contributed by atoms with Gasteiger partial charge in [0, 0.05) is 11.5 Å². The van der Waals surface area contributed by atoms with Crippen LogP contribution in [-0.2, 0) is 13.0 Å². The number of hydrogen-bond donors (Lipinski definition) is 1. The molecule has 5 rings (SSSR count). The molecule has 1 N–H and O–H groups in total. The van der Waals surface area contributed by atoms with Crippen molar-refractivity contribution in [1.82, 2.24) is 4.90 Å². The molecule has 1 aromatic heterocycles. The number of likely N-dealkylation sites (tertiary alicyclic amines) is 1. The van der Waals surface area contributed by atoms with Gasteiger partial charge in [-0.1, -0.05) is 12.5 Å². The second-order valence-corrected chi connectivity index (χ2v) is 8.53. The van der Waals surface area contributed by atoms with Gasteiger partial charge in [0.15, 0.2) is 18.9 Å². The van der Waals surface area contributed by atoms with Crippen LogP contribution in [0.3, 0.4) is 0 Å². The molecular formula is C26H32N2O. The summed E-state index contributed by atoms with van der Waals surface area (Å²) in [6, 6.07) is 8.12. The lowest BCUT2D eigenvalue weighted by molar-refractivity contribution is -0.695. The van der Waals surface area contributed by atoms with Gasteiger partial charge in [-0.25, -0.2) is 4.57 Å². The predicted molar refractivity (Wildman–Crippen MR) is 120 cm³/mol. The van der Waals surface area contributed by atoms with Gasteiger partial charge in [0.25, 0.3) is 0 Å². The van der Waals surface area contributed by atoms with Crippen molar-refractivity contribution in [3.05, 3.63) is 66.3 Å². The Morgan fingerprint density at radius 3 is 2.59 bits per heavy atom. The van der Waals surface area contributed by atoms with Crippen LogP contribution < -0.4 is 4.57 Å². The van der Waals surface area contributed by atoms with Gasteiger partial charge in [-0.3, -0.25) is 4.90 Å². The maximum Gasteiger partial charge on any atom is 0.176 e. The number of aromatic hydroxyl groups is 1. The van der Waals surface area contributed by atoms with Gasteiger partial charge in [0.2, 0.25) is 0 Å². The summed E-state index contributed by atoms with van der Waals surface area (Å²) in [7, 11) is 0. The molecule has 1 aliphatic carbocycles. The lowest BCUT2D eigenvalue weighted by Crippen LogP contribution is -2.41. The molecule has 0 saturated carbocycles. The lowest BCUT2D eigenvalue weighted by atomic mass is 9.91. The van der Waals surface area contributed by atoms with Crippen molar-refractivity contribution in [2.24, 2.45) is 0 Å². The molecule has 3 heteroatoms. The summed E-state index contributed by atoms with van der Waals surface area (Å²) in [6.45, 7) is 9.18. The quantitative estimate of drug-likeness (QED) is 0.397. The highest BCUT2D eigenvalue weighted by atomic mass is 16.3. The highest BCUT2D eigenvalue weighted by Crippen LogP contribution is 2.44. The summed E-state index contributed by atoms with van der Waals surface area (Å²) in [5, 5.41) is 12.7. The maximum absolute atomic E-state index is 10.0. The molecule has 1 saturated heterocycles. The molecule has 0 atom stereocenters. The molecule has 0 bridgehead atoms. The number of piperidine rings is 1. The smallest absolute Gasteiger partial charge is 0.176 e. The van der Waals surface area contributed by atoms with Gasteiger partial charge in [0.1, 0.15) is 5.75 Å². The van der Waals surface area contributed by atoms with E-state index in [4.69, 9.17) is 0 Å². The topological polar surface area (TPSA) is 27.4 Å². The number of aromatic nitrogens is 1. The van der Waals surface area contributed by atoms with Gasteiger partial charge in [-0.05, 0) is 97.1 Å². The monoisotopic (exact) mass is 388 g/mol. The number of aryl methyl sites for hydroxylation is 2. The molecule has 3 aromatic rings. The lowest BCUT2D eigenvalue weighted by Gasteiger charge is -2.25. The maximum atomic E-state index is 10.0. The molecule has 0 amide bonds. The van der Waals surface area contributed by atoms with Crippen LogP contribution >= 0.6 is 0 Å². The first-order valence-electron chi connectivity index (χ1n) is 10.6. The van der Waals surface area contributed by atoms with Gasteiger partial charge >= 0.3 is 0 Å². The highest BCUT2D eigenvalue weighted by Gasteiger charge is 2.26. The van der Waals surface area contributed by atoms with Crippen LogP contribution in [0.15, 0.2) is 36.7 Å². The van der Waals surface area contributed by atoms with Gasteiger partial charge in [0.05, 0.1) is 6.54 Å². The Bertz CT molecular complexity index is 1060. The van der Waals surface area contributed by atoms with E-state index < -0.39 is 0 Å². The first-order chi connectivity index (χ1) is 13.6. The Balaban J connectivity index is 0.00000205. The van der Waals surface area contributed by atoms with Gasteiger partial charge < -0.3 is 12.5 Å². The minimum absolute atomic E-state index is 0. The average Bonchev–Trinajstić information content (AvgIpc) is 3.10. The van der Waals surface area contributed by atoms with Crippen molar-refractivity contribution >= 4 is 10.8 Å². The SMILES string of the molecule is Cc1c2c(c(C)c3c[n+](CCN4CCCCC4)ccc13)-c1cc(O)ccc1C2.[CH3-]. The first-order valence-corrected chi connectivity index (χ1v) is 10.6. The first kappa shape index (κ1) is 19.9. The number of hydrogen-bond acceptors (Lipinski definition) is 2. The third-order valence-corrected chi connectivity index (χ3v) is 6.81. The van der Waals surface area contributed by atoms with Crippen LogP contribution in [0.5, 0.6) is 5.75 Å². The Labute approximate surface area is 174 Å². The van der Waals surface area contributed by atoms with E-state index >= 15 is 0 Å². The minimum Gasteiger partial charge on any atom is -0.508 e. The molecule has 29 heavy (non-hydrogen) atoms. The molecule has 1 aliphatic heterocycles. The Morgan fingerprint density at radius 2 is 1.79 bits per heavy atom. The third kappa shape index (κ3) is 3.42. The van der Waals surface area contributed by atoms with Crippen LogP contribution in [0, 0.1) is 21.3 Å². The predicted octanol–water partition coefficient (Wildman–Crippen LogP) is 4.96. The zero-order valence-corrected chi connectivity index (χ0v) is 18.0. The van der Waals surface area contributed by atoms with E-state index in [1.54, 1.807) is 0 Å². The van der Waals surface area contributed by atoms with Crippen molar-refractivity contribution in [2.75, 3.05) is 19.6 Å². The van der Waals surface area contributed by atoms with Crippen molar-refractivity contribution < 1.29 is 9.67 Å². The summed E-state index contributed by atoms with van der Waals surface area (Å²) >= 11 is 0. The molecule has 2 aliphatic rings. The Kier molecular flexibility index (Phi) is 5.35. The van der Waals surface area contributed by atoms with Crippen molar-refractivity contribution in [3.8, 4) is 16.9 Å². The summed E-state index contributed by atoms with van der Waals surface area (Å²) in [6.07, 6.45) is 9.64. The third-order valence-electron chi connectivity index (χ3n) is 6.81. The number of nitrogens with zero attached hydrogens (tertiary/aromatic N) is 2. The molecular weight excluding hydrogens is 356 g/mol. The van der Waals surface area contributed by atoms with Crippen LogP contribution in [0.1, 0.15) is 41.5 Å². The fourth-order valence-corrected chi connectivity index (χ4v) is 5.18. The van der Waals surface area contributed by atoms with Crippen molar-refractivity contribution in [1.29, 1.82) is 0 Å². The number of pyridine rings is 1. The number of phenols is 1. The fraction of sp³-hybridized carbons (Fsp3) is 0.385. The number of rotatable bonds is 3. The zero-order chi connectivity index (χ0) is 19.3. The van der Waals surface area contributed by atoms with E-state index in [1.165, 1.54) is 76.5 Å². The number of benzene rings is 2. The van der Waals surface area contributed by atoms with Gasteiger partial charge in [-0.15, -0.1) is 0 Å². The molecule has 0 unspecified atom stereocenters. The molecule has 152 valence electrons. The molecule has 1 fully saturated rings. The second kappa shape index (κ2) is 7.79. The summed E-state index contributed by atoms with van der Waals surface area (Å²) < 4.78 is 2.36. The van der Waals surface area contributed by atoms with Crippen molar-refractivity contribution in [3.63, 3.8) is 0 Å². The van der Waals surface area contributed by atoms with Crippen molar-refractivity contribution in [2.45, 2.75) is 46.1 Å². The number of phenolic OH excluding ortho intramolecular Hbond substituents is 1. The standard InChI is InChI=1S/C25H28N2O.CH3/c1-17-21-8-11-27(13-12-26-9-4-3-5-10-26)16-24(21)18(2)25-22(17)14-19-6-7-20(28)15-23(19)25;/h6-8,11,15-16H,3-5,9-10,12-14H2,1-2H3;1H3/q;-1/p+1. The summed E-state index contributed by atoms with van der Waals surface area (Å²) in [5.74, 6) is 0.355. The van der Waals surface area contributed by atoms with E-state index in [2.05, 4.69) is 47.8 Å². The Morgan fingerprint density at radius 1 is 1.00 bits per heavy atom. The molecule has 2 aromatic carbocycles. The van der Waals surface area contributed by atoms with Crippen LogP contribution in [0.2, 0.25) is 0 Å².